The van der Waals surface area contributed by atoms with Gasteiger partial charge in [0.15, 0.2) is 0 Å². The van der Waals surface area contributed by atoms with Gasteiger partial charge in [-0.2, -0.15) is 4.31 Å². The molecule has 3 heterocycles. The van der Waals surface area contributed by atoms with E-state index in [4.69, 9.17) is 9.47 Å². The minimum absolute atomic E-state index is 0.0948. The summed E-state index contributed by atoms with van der Waals surface area (Å²) in [7, 11) is -2.17. The lowest BCUT2D eigenvalue weighted by molar-refractivity contribution is 0.0526. The highest BCUT2D eigenvalue weighted by Crippen LogP contribution is 2.38. The van der Waals surface area contributed by atoms with Crippen LogP contribution in [-0.2, 0) is 32.5 Å². The van der Waals surface area contributed by atoms with E-state index in [9.17, 15) is 18.0 Å². The van der Waals surface area contributed by atoms with Gasteiger partial charge in [0.05, 0.1) is 23.2 Å². The van der Waals surface area contributed by atoms with Crippen LogP contribution >= 0.6 is 11.3 Å². The molecule has 9 nitrogen and oxygen atoms in total. The normalized spacial score (nSPS) is 18.3. The van der Waals surface area contributed by atoms with Crippen molar-refractivity contribution in [1.29, 1.82) is 0 Å². The minimum atomic E-state index is -3.71. The van der Waals surface area contributed by atoms with Crippen molar-refractivity contribution in [3.05, 3.63) is 45.8 Å². The molecular formula is C26H35N3O6S2. The second-order valence-electron chi connectivity index (χ2n) is 9.64. The van der Waals surface area contributed by atoms with E-state index in [1.807, 2.05) is 0 Å². The molecule has 0 radical (unpaired) electrons. The summed E-state index contributed by atoms with van der Waals surface area (Å²) in [4.78, 5) is 29.4. The van der Waals surface area contributed by atoms with Gasteiger partial charge in [-0.3, -0.25) is 9.69 Å². The van der Waals surface area contributed by atoms with E-state index in [-0.39, 0.29) is 17.6 Å². The number of carbonyl (C=O) groups excluding carboxylic acids is 2. The van der Waals surface area contributed by atoms with E-state index in [1.165, 1.54) is 47.0 Å². The summed E-state index contributed by atoms with van der Waals surface area (Å²) < 4.78 is 38.1. The lowest BCUT2D eigenvalue weighted by Crippen LogP contribution is -2.35. The maximum absolute atomic E-state index is 13.1. The van der Waals surface area contributed by atoms with E-state index >= 15 is 0 Å². The molecule has 0 spiro atoms. The number of thiophene rings is 1. The van der Waals surface area contributed by atoms with Gasteiger partial charge >= 0.3 is 5.97 Å². The van der Waals surface area contributed by atoms with Crippen LogP contribution in [0.2, 0.25) is 0 Å². The Kier molecular flexibility index (Phi) is 8.70. The van der Waals surface area contributed by atoms with Crippen LogP contribution in [0.15, 0.2) is 29.2 Å². The number of nitrogens with one attached hydrogen (secondary N) is 1. The summed E-state index contributed by atoms with van der Waals surface area (Å²) in [6, 6.07) is 6.21. The number of hydrogen-bond acceptors (Lipinski definition) is 8. The number of esters is 1. The van der Waals surface area contributed by atoms with Crippen molar-refractivity contribution in [2.24, 2.45) is 0 Å². The highest BCUT2D eigenvalue weighted by Gasteiger charge is 2.31. The van der Waals surface area contributed by atoms with E-state index in [0.717, 1.165) is 29.8 Å². The number of ether oxygens (including phenoxy) is 2. The molecule has 4 rings (SSSR count). The topological polar surface area (TPSA) is 105 Å². The molecule has 1 atom stereocenters. The zero-order valence-corrected chi connectivity index (χ0v) is 23.4. The largest absolute Gasteiger partial charge is 0.462 e. The molecule has 1 aromatic carbocycles. The van der Waals surface area contributed by atoms with E-state index < -0.39 is 21.9 Å². The minimum Gasteiger partial charge on any atom is -0.462 e. The van der Waals surface area contributed by atoms with Gasteiger partial charge in [0.1, 0.15) is 5.00 Å². The summed E-state index contributed by atoms with van der Waals surface area (Å²) >= 11 is 1.40. The summed E-state index contributed by atoms with van der Waals surface area (Å²) in [5, 5.41) is 3.35. The summed E-state index contributed by atoms with van der Waals surface area (Å²) in [5.41, 5.74) is 1.66. The lowest BCUT2D eigenvalue weighted by Gasteiger charge is -2.30. The van der Waals surface area contributed by atoms with E-state index in [0.29, 0.717) is 48.3 Å². The average molecular weight is 550 g/mol. The van der Waals surface area contributed by atoms with Crippen LogP contribution in [0.3, 0.4) is 0 Å². The van der Waals surface area contributed by atoms with Gasteiger partial charge in [0.25, 0.3) is 5.91 Å². The number of hydrogen-bond donors (Lipinski definition) is 1. The fourth-order valence-corrected chi connectivity index (χ4v) is 7.14. The number of sulfonamides is 1. The molecule has 0 unspecified atom stereocenters. The Labute approximate surface area is 222 Å². The van der Waals surface area contributed by atoms with Crippen LogP contribution in [-0.4, -0.2) is 75.0 Å². The highest BCUT2D eigenvalue weighted by molar-refractivity contribution is 7.89. The molecule has 0 bridgehead atoms. The van der Waals surface area contributed by atoms with Gasteiger partial charge in [-0.15, -0.1) is 11.3 Å². The van der Waals surface area contributed by atoms with Crippen LogP contribution in [0.25, 0.3) is 0 Å². The van der Waals surface area contributed by atoms with Crippen molar-refractivity contribution in [2.75, 3.05) is 38.7 Å². The quantitative estimate of drug-likeness (QED) is 0.475. The van der Waals surface area contributed by atoms with Gasteiger partial charge in [-0.1, -0.05) is 0 Å². The Morgan fingerprint density at radius 2 is 2.00 bits per heavy atom. The van der Waals surface area contributed by atoms with Crippen molar-refractivity contribution in [2.45, 2.75) is 63.6 Å². The monoisotopic (exact) mass is 549 g/mol. The molecule has 2 aromatic rings. The summed E-state index contributed by atoms with van der Waals surface area (Å²) in [6.45, 7) is 8.76. The molecule has 1 fully saturated rings. The zero-order chi connectivity index (χ0) is 26.7. The van der Waals surface area contributed by atoms with Crippen LogP contribution in [0.4, 0.5) is 5.00 Å². The molecule has 2 aliphatic heterocycles. The van der Waals surface area contributed by atoms with Crippen molar-refractivity contribution in [3.63, 3.8) is 0 Å². The van der Waals surface area contributed by atoms with Crippen LogP contribution < -0.4 is 5.32 Å². The van der Waals surface area contributed by atoms with Crippen molar-refractivity contribution < 1.29 is 27.5 Å². The molecule has 202 valence electrons. The third-order valence-corrected chi connectivity index (χ3v) is 9.80. The highest BCUT2D eigenvalue weighted by atomic mass is 32.2. The molecule has 0 saturated carbocycles. The Bertz CT molecular complexity index is 1230. The van der Waals surface area contributed by atoms with Crippen LogP contribution in [0.1, 0.15) is 64.8 Å². The smallest absolute Gasteiger partial charge is 0.341 e. The van der Waals surface area contributed by atoms with Gasteiger partial charge in [0, 0.05) is 49.8 Å². The molecule has 1 saturated heterocycles. The van der Waals surface area contributed by atoms with Crippen LogP contribution in [0.5, 0.6) is 0 Å². The fourth-order valence-electron chi connectivity index (χ4n) is 4.68. The molecule has 11 heteroatoms. The SMILES string of the molecule is CCOC(=O)c1c(NC(=O)c2ccc(S(=O)(=O)N(C)C[C@H]3CCCO3)cc2)sc2c1CCN(C(C)C)C2. The number of anilines is 1. The maximum atomic E-state index is 13.1. The predicted octanol–water partition coefficient (Wildman–Crippen LogP) is 3.74. The van der Waals surface area contributed by atoms with Gasteiger partial charge in [-0.05, 0) is 69.9 Å². The Morgan fingerprint density at radius 1 is 1.27 bits per heavy atom. The molecule has 1 N–H and O–H groups in total. The number of likely N-dealkylation sites (N-methyl/N-ethyl adjacent to an activating group) is 1. The first-order valence-electron chi connectivity index (χ1n) is 12.7. The fraction of sp³-hybridized carbons (Fsp3) is 0.538. The van der Waals surface area contributed by atoms with Crippen molar-refractivity contribution in [3.8, 4) is 0 Å². The zero-order valence-electron chi connectivity index (χ0n) is 21.8. The second kappa shape index (κ2) is 11.6. The number of carbonyl (C=O) groups is 2. The van der Waals surface area contributed by atoms with Gasteiger partial charge in [0.2, 0.25) is 10.0 Å². The number of rotatable bonds is 9. The Morgan fingerprint density at radius 3 is 2.62 bits per heavy atom. The number of benzene rings is 1. The van der Waals surface area contributed by atoms with E-state index in [1.54, 1.807) is 6.92 Å². The third kappa shape index (κ3) is 6.06. The number of fused-ring (bicyclic) bond motifs is 1. The van der Waals surface area contributed by atoms with Crippen molar-refractivity contribution >= 4 is 38.2 Å². The third-order valence-electron chi connectivity index (χ3n) is 6.83. The predicted molar refractivity (Wildman–Crippen MR) is 143 cm³/mol. The van der Waals surface area contributed by atoms with Crippen LogP contribution in [0, 0.1) is 0 Å². The van der Waals surface area contributed by atoms with Crippen molar-refractivity contribution in [1.82, 2.24) is 9.21 Å². The molecule has 0 aliphatic carbocycles. The lowest BCUT2D eigenvalue weighted by atomic mass is 10.0. The standard InChI is InChI=1S/C26H35N3O6S2/c1-5-34-26(31)23-21-12-13-29(17(2)3)16-22(21)36-25(23)27-24(30)18-8-10-20(11-9-18)37(32,33)28(4)15-19-7-6-14-35-19/h8-11,17,19H,5-7,12-16H2,1-4H3,(H,27,30)/t19-/m1/s1. The van der Waals surface area contributed by atoms with E-state index in [2.05, 4.69) is 24.1 Å². The first-order valence-corrected chi connectivity index (χ1v) is 14.9. The summed E-state index contributed by atoms with van der Waals surface area (Å²) in [5.74, 6) is -0.856. The number of nitrogens with zero attached hydrogens (tertiary/aromatic N) is 2. The second-order valence-corrected chi connectivity index (χ2v) is 12.8. The Balaban J connectivity index is 1.52. The van der Waals surface area contributed by atoms with Gasteiger partial charge in [-0.25, -0.2) is 13.2 Å². The average Bonchev–Trinajstić information content (AvgIpc) is 3.51. The summed E-state index contributed by atoms with van der Waals surface area (Å²) in [6.07, 6.45) is 2.39. The molecule has 1 amide bonds. The van der Waals surface area contributed by atoms with Gasteiger partial charge < -0.3 is 14.8 Å². The Hall–Kier alpha value is -2.31. The molecule has 37 heavy (non-hydrogen) atoms. The molecule has 1 aromatic heterocycles. The first-order chi connectivity index (χ1) is 17.6. The maximum Gasteiger partial charge on any atom is 0.341 e. The molecular weight excluding hydrogens is 514 g/mol. The number of amides is 1. The molecule has 2 aliphatic rings. The first kappa shape index (κ1) is 27.7.